The lowest BCUT2D eigenvalue weighted by Crippen LogP contribution is -2.61. The number of likely N-dealkylation sites (N-methyl/N-ethyl adjacent to an activating group) is 2. The second kappa shape index (κ2) is 7.75. The smallest absolute Gasteiger partial charge is 0.0359 e. The van der Waals surface area contributed by atoms with Gasteiger partial charge in [0.15, 0.2) is 0 Å². The third-order valence-corrected chi connectivity index (χ3v) is 6.03. The highest BCUT2D eigenvalue weighted by Crippen LogP contribution is 2.39. The van der Waals surface area contributed by atoms with Gasteiger partial charge in [0.2, 0.25) is 0 Å². The van der Waals surface area contributed by atoms with Crippen LogP contribution < -0.4 is 5.32 Å². The van der Waals surface area contributed by atoms with E-state index in [1.807, 2.05) is 11.3 Å². The van der Waals surface area contributed by atoms with E-state index in [0.717, 1.165) is 12.5 Å². The van der Waals surface area contributed by atoms with Crippen LogP contribution in [0.1, 0.15) is 51.5 Å². The Hall–Kier alpha value is -0.380. The van der Waals surface area contributed by atoms with Gasteiger partial charge in [-0.15, -0.1) is 0 Å². The van der Waals surface area contributed by atoms with Gasteiger partial charge in [-0.25, -0.2) is 0 Å². The van der Waals surface area contributed by atoms with Crippen molar-refractivity contribution >= 4 is 11.3 Å². The molecular weight excluding hydrogens is 276 g/mol. The Labute approximate surface area is 134 Å². The summed E-state index contributed by atoms with van der Waals surface area (Å²) in [5.74, 6) is 0.850. The van der Waals surface area contributed by atoms with Crippen LogP contribution in [0.5, 0.6) is 0 Å². The van der Waals surface area contributed by atoms with Crippen molar-refractivity contribution in [3.63, 3.8) is 0 Å². The molecule has 1 N–H and O–H groups in total. The van der Waals surface area contributed by atoms with Gasteiger partial charge in [0.05, 0.1) is 0 Å². The highest BCUT2D eigenvalue weighted by atomic mass is 32.1. The van der Waals surface area contributed by atoms with E-state index in [-0.39, 0.29) is 0 Å². The lowest BCUT2D eigenvalue weighted by atomic mass is 9.70. The maximum atomic E-state index is 3.82. The van der Waals surface area contributed by atoms with Crippen molar-refractivity contribution in [2.75, 3.05) is 20.6 Å². The van der Waals surface area contributed by atoms with Gasteiger partial charge in [0, 0.05) is 11.6 Å². The topological polar surface area (TPSA) is 15.3 Å². The molecule has 1 aromatic rings. The maximum absolute atomic E-state index is 3.82. The molecule has 2 rings (SSSR count). The van der Waals surface area contributed by atoms with Crippen molar-refractivity contribution in [1.82, 2.24) is 10.2 Å². The molecule has 1 aromatic heterocycles. The van der Waals surface area contributed by atoms with E-state index in [4.69, 9.17) is 0 Å². The van der Waals surface area contributed by atoms with E-state index in [2.05, 4.69) is 55.0 Å². The molecule has 1 fully saturated rings. The second-order valence-electron chi connectivity index (χ2n) is 6.98. The number of aryl methyl sites for hydroxylation is 1. The lowest BCUT2D eigenvalue weighted by Gasteiger charge is -2.50. The van der Waals surface area contributed by atoms with Crippen LogP contribution in [0.15, 0.2) is 16.8 Å². The van der Waals surface area contributed by atoms with Crippen molar-refractivity contribution in [2.24, 2.45) is 5.92 Å². The van der Waals surface area contributed by atoms with Gasteiger partial charge < -0.3 is 10.2 Å². The van der Waals surface area contributed by atoms with E-state index in [1.165, 1.54) is 44.1 Å². The second-order valence-corrected chi connectivity index (χ2v) is 7.76. The summed E-state index contributed by atoms with van der Waals surface area (Å²) in [6.07, 6.45) is 7.90. The Morgan fingerprint density at radius 2 is 2.29 bits per heavy atom. The van der Waals surface area contributed by atoms with Crippen LogP contribution in [0.25, 0.3) is 0 Å². The largest absolute Gasteiger partial charge is 0.312 e. The van der Waals surface area contributed by atoms with E-state index >= 15 is 0 Å². The van der Waals surface area contributed by atoms with E-state index in [1.54, 1.807) is 0 Å². The molecule has 0 radical (unpaired) electrons. The summed E-state index contributed by atoms with van der Waals surface area (Å²) >= 11 is 1.82. The van der Waals surface area contributed by atoms with Crippen LogP contribution in [-0.4, -0.2) is 37.1 Å². The molecule has 21 heavy (non-hydrogen) atoms. The Balaban J connectivity index is 2.11. The fraction of sp³-hybridized carbons (Fsp3) is 0.778. The summed E-state index contributed by atoms with van der Waals surface area (Å²) in [5.41, 5.74) is 1.84. The molecule has 0 saturated heterocycles. The molecule has 0 spiro atoms. The first-order valence-corrected chi connectivity index (χ1v) is 9.44. The van der Waals surface area contributed by atoms with Gasteiger partial charge in [0.1, 0.15) is 0 Å². The number of rotatable bonds is 7. The van der Waals surface area contributed by atoms with E-state index in [9.17, 15) is 0 Å². The molecule has 120 valence electrons. The van der Waals surface area contributed by atoms with Crippen LogP contribution in [0.4, 0.5) is 0 Å². The SMILES string of the molecule is CCNC(CCc1ccsc1)C1(N(C)C)CCCC(C)C1. The molecule has 1 saturated carbocycles. The number of hydrogen-bond acceptors (Lipinski definition) is 3. The van der Waals surface area contributed by atoms with E-state index < -0.39 is 0 Å². The van der Waals surface area contributed by atoms with Crippen molar-refractivity contribution in [3.05, 3.63) is 22.4 Å². The summed E-state index contributed by atoms with van der Waals surface area (Å²) in [7, 11) is 4.57. The third-order valence-electron chi connectivity index (χ3n) is 5.30. The van der Waals surface area contributed by atoms with E-state index in [0.29, 0.717) is 11.6 Å². The minimum atomic E-state index is 0.337. The molecule has 0 aromatic carbocycles. The number of hydrogen-bond donors (Lipinski definition) is 1. The van der Waals surface area contributed by atoms with Crippen molar-refractivity contribution in [3.8, 4) is 0 Å². The van der Waals surface area contributed by atoms with Crippen molar-refractivity contribution in [1.29, 1.82) is 0 Å². The highest BCUT2D eigenvalue weighted by molar-refractivity contribution is 7.07. The molecule has 3 atom stereocenters. The fourth-order valence-corrected chi connectivity index (χ4v) is 4.85. The lowest BCUT2D eigenvalue weighted by molar-refractivity contribution is 0.0350. The Kier molecular flexibility index (Phi) is 6.27. The van der Waals surface area contributed by atoms with Crippen LogP contribution in [0, 0.1) is 5.92 Å². The summed E-state index contributed by atoms with van der Waals surface area (Å²) < 4.78 is 0. The van der Waals surface area contributed by atoms with Crippen LogP contribution in [0.3, 0.4) is 0 Å². The monoisotopic (exact) mass is 308 g/mol. The molecule has 0 bridgehead atoms. The first kappa shape index (κ1) is 17.0. The molecule has 1 aliphatic rings. The van der Waals surface area contributed by atoms with Crippen LogP contribution in [0.2, 0.25) is 0 Å². The molecule has 3 unspecified atom stereocenters. The standard InChI is InChI=1S/C18H32N2S/c1-5-19-17(9-8-16-10-12-21-14-16)18(20(3)4)11-6-7-15(2)13-18/h10,12,14-15,17,19H,5-9,11,13H2,1-4H3. The summed E-state index contributed by atoms with van der Waals surface area (Å²) in [6.45, 7) is 5.74. The summed E-state index contributed by atoms with van der Waals surface area (Å²) in [5, 5.41) is 8.32. The first-order valence-electron chi connectivity index (χ1n) is 8.50. The normalized spacial score (nSPS) is 28.0. The highest BCUT2D eigenvalue weighted by Gasteiger charge is 2.42. The Bertz CT molecular complexity index is 401. The Morgan fingerprint density at radius 1 is 1.48 bits per heavy atom. The maximum Gasteiger partial charge on any atom is 0.0359 e. The predicted octanol–water partition coefficient (Wildman–Crippen LogP) is 4.17. The van der Waals surface area contributed by atoms with Gasteiger partial charge in [0.25, 0.3) is 0 Å². The van der Waals surface area contributed by atoms with Crippen LogP contribution in [-0.2, 0) is 6.42 Å². The Morgan fingerprint density at radius 3 is 2.86 bits per heavy atom. The average Bonchev–Trinajstić information content (AvgIpc) is 2.96. The zero-order chi connectivity index (χ0) is 15.3. The molecule has 0 aliphatic heterocycles. The first-order chi connectivity index (χ1) is 10.1. The number of thiophene rings is 1. The minimum absolute atomic E-state index is 0.337. The number of nitrogens with one attached hydrogen (secondary N) is 1. The molecule has 0 amide bonds. The van der Waals surface area contributed by atoms with Gasteiger partial charge in [-0.2, -0.15) is 11.3 Å². The van der Waals surface area contributed by atoms with Gasteiger partial charge >= 0.3 is 0 Å². The average molecular weight is 309 g/mol. The molecular formula is C18H32N2S. The van der Waals surface area contributed by atoms with Crippen molar-refractivity contribution < 1.29 is 0 Å². The molecule has 1 heterocycles. The molecule has 3 heteroatoms. The fourth-order valence-electron chi connectivity index (χ4n) is 4.15. The quantitative estimate of drug-likeness (QED) is 0.813. The number of nitrogens with zero attached hydrogens (tertiary/aromatic N) is 1. The van der Waals surface area contributed by atoms with Gasteiger partial charge in [-0.1, -0.05) is 26.7 Å². The van der Waals surface area contributed by atoms with Crippen LogP contribution >= 0.6 is 11.3 Å². The predicted molar refractivity (Wildman–Crippen MR) is 94.2 cm³/mol. The summed E-state index contributed by atoms with van der Waals surface area (Å²) in [6, 6.07) is 2.87. The molecule has 2 nitrogen and oxygen atoms in total. The zero-order valence-corrected chi connectivity index (χ0v) is 15.0. The zero-order valence-electron chi connectivity index (χ0n) is 14.2. The summed E-state index contributed by atoms with van der Waals surface area (Å²) in [4.78, 5) is 2.52. The third kappa shape index (κ3) is 4.08. The van der Waals surface area contributed by atoms with Gasteiger partial charge in [-0.3, -0.25) is 0 Å². The minimum Gasteiger partial charge on any atom is -0.312 e. The van der Waals surface area contributed by atoms with Crippen molar-refractivity contribution in [2.45, 2.75) is 64.0 Å². The molecule has 1 aliphatic carbocycles. The van der Waals surface area contributed by atoms with Gasteiger partial charge in [-0.05, 0) is 74.6 Å².